The minimum absolute atomic E-state index is 0.0982. The summed E-state index contributed by atoms with van der Waals surface area (Å²) < 4.78 is 7.07. The Bertz CT molecular complexity index is 1810. The molecule has 13 heteroatoms. The molecular formula is C38H46ClN7O5. The number of aryl methyl sites for hydroxylation is 1. The number of nitrogens with one attached hydrogen (secondary N) is 2. The number of likely N-dealkylation sites (tertiary alicyclic amines) is 2. The number of likely N-dealkylation sites (N-methyl/N-ethyl adjacent to an activating group) is 1. The van der Waals surface area contributed by atoms with Gasteiger partial charge in [-0.3, -0.25) is 24.5 Å². The predicted molar refractivity (Wildman–Crippen MR) is 195 cm³/mol. The van der Waals surface area contributed by atoms with E-state index in [2.05, 4.69) is 44.7 Å². The molecule has 5 heterocycles. The van der Waals surface area contributed by atoms with Crippen LogP contribution in [0.3, 0.4) is 0 Å². The van der Waals surface area contributed by atoms with Gasteiger partial charge >= 0.3 is 0 Å². The first kappa shape index (κ1) is 35.0. The molecule has 4 fully saturated rings. The molecule has 1 aromatic heterocycles. The van der Waals surface area contributed by atoms with Gasteiger partial charge in [0.1, 0.15) is 10.8 Å². The van der Waals surface area contributed by atoms with Gasteiger partial charge in [-0.25, -0.2) is 4.68 Å². The maximum Gasteiger partial charge on any atom is 0.287 e. The van der Waals surface area contributed by atoms with E-state index >= 15 is 0 Å². The van der Waals surface area contributed by atoms with Crippen molar-refractivity contribution in [3.8, 4) is 5.75 Å². The molecule has 4 aliphatic rings. The summed E-state index contributed by atoms with van der Waals surface area (Å²) in [5.41, 5.74) is 3.55. The largest absolute Gasteiger partial charge is 0.481 e. The summed E-state index contributed by atoms with van der Waals surface area (Å²) in [6, 6.07) is 16.1. The number of piperidine rings is 4. The lowest BCUT2D eigenvalue weighted by Gasteiger charge is -2.47. The van der Waals surface area contributed by atoms with E-state index in [1.54, 1.807) is 13.2 Å². The van der Waals surface area contributed by atoms with Gasteiger partial charge in [-0.1, -0.05) is 23.7 Å². The lowest BCUT2D eigenvalue weighted by molar-refractivity contribution is -0.138. The highest BCUT2D eigenvalue weighted by Crippen LogP contribution is 2.42. The second kappa shape index (κ2) is 14.7. The fraction of sp³-hybridized carbons (Fsp3) is 0.500. The second-order valence-corrected chi connectivity index (χ2v) is 15.1. The molecule has 3 amide bonds. The minimum Gasteiger partial charge on any atom is -0.481 e. The third kappa shape index (κ3) is 7.77. The van der Waals surface area contributed by atoms with Crippen LogP contribution >= 0.6 is 11.6 Å². The Morgan fingerprint density at radius 3 is 2.31 bits per heavy atom. The van der Waals surface area contributed by atoms with Gasteiger partial charge in [0.2, 0.25) is 5.91 Å². The summed E-state index contributed by atoms with van der Waals surface area (Å²) in [5, 5.41) is 10.0. The van der Waals surface area contributed by atoms with Crippen LogP contribution in [-0.4, -0.2) is 95.8 Å². The summed E-state index contributed by atoms with van der Waals surface area (Å²) in [5.74, 6) is 0.366. The first-order chi connectivity index (χ1) is 24.6. The number of halogens is 1. The van der Waals surface area contributed by atoms with Crippen LogP contribution in [0.15, 0.2) is 59.5 Å². The molecule has 12 nitrogen and oxygen atoms in total. The summed E-state index contributed by atoms with van der Waals surface area (Å²) >= 11 is 6.32. The van der Waals surface area contributed by atoms with Gasteiger partial charge in [-0.05, 0) is 92.4 Å². The highest BCUT2D eigenvalue weighted by Gasteiger charge is 2.39. The monoisotopic (exact) mass is 715 g/mol. The van der Waals surface area contributed by atoms with Crippen molar-refractivity contribution in [2.24, 2.45) is 12.5 Å². The highest BCUT2D eigenvalue weighted by atomic mass is 35.5. The summed E-state index contributed by atoms with van der Waals surface area (Å²) in [6.07, 6.45) is 6.73. The maximum absolute atomic E-state index is 13.6. The van der Waals surface area contributed by atoms with Gasteiger partial charge in [0.15, 0.2) is 6.10 Å². The normalized spacial score (nSPS) is 23.9. The van der Waals surface area contributed by atoms with E-state index in [1.807, 2.05) is 41.3 Å². The van der Waals surface area contributed by atoms with Crippen molar-refractivity contribution >= 4 is 40.7 Å². The number of hydrogen-bond acceptors (Lipinski definition) is 9. The van der Waals surface area contributed by atoms with E-state index in [0.717, 1.165) is 82.6 Å². The van der Waals surface area contributed by atoms with Crippen LogP contribution in [0.4, 0.5) is 11.4 Å². The number of nitrogens with zero attached hydrogens (tertiary/aromatic N) is 5. The van der Waals surface area contributed by atoms with Gasteiger partial charge in [0.05, 0.1) is 11.9 Å². The standard InChI is InChI=1S/C38H46ClN7O5/c1-43-23-27(21-28(24-43)41-31-22-40-44(2)37(50)34(31)39)25-3-5-26(6-4-25)36(49)46-19-15-38(16-20-46)13-17-45(18-14-38)29-7-9-30(10-8-29)51-32-11-12-33(47)42-35(32)48/h3-10,22,27-28,32,41H,11-21,23-24H2,1-2H3,(H,42,47,48)/t27-,28+,32?/m1/s1. The van der Waals surface area contributed by atoms with E-state index in [1.165, 1.54) is 10.2 Å². The van der Waals surface area contributed by atoms with Gasteiger partial charge in [-0.15, -0.1) is 0 Å². The number of aromatic nitrogens is 2. The topological polar surface area (TPSA) is 129 Å². The third-order valence-electron chi connectivity index (χ3n) is 11.3. The Hall–Kier alpha value is -4.42. The molecule has 4 aliphatic heterocycles. The Labute approximate surface area is 303 Å². The van der Waals surface area contributed by atoms with Crippen molar-refractivity contribution in [3.63, 3.8) is 0 Å². The average molecular weight is 716 g/mol. The van der Waals surface area contributed by atoms with E-state index in [4.69, 9.17) is 16.3 Å². The first-order valence-electron chi connectivity index (χ1n) is 18.0. The number of carbonyl (C=O) groups excluding carboxylic acids is 3. The Kier molecular flexibility index (Phi) is 10.1. The Balaban J connectivity index is 0.887. The third-order valence-corrected chi connectivity index (χ3v) is 11.7. The number of carbonyl (C=O) groups is 3. The number of hydrogen-bond donors (Lipinski definition) is 2. The quantitative estimate of drug-likeness (QED) is 0.349. The molecule has 2 aromatic carbocycles. The van der Waals surface area contributed by atoms with Crippen molar-refractivity contribution in [1.82, 2.24) is 24.9 Å². The molecule has 51 heavy (non-hydrogen) atoms. The average Bonchev–Trinajstić information content (AvgIpc) is 3.14. The molecule has 2 N–H and O–H groups in total. The van der Waals surface area contributed by atoms with E-state index in [-0.39, 0.29) is 45.7 Å². The van der Waals surface area contributed by atoms with Crippen molar-refractivity contribution in [1.29, 1.82) is 0 Å². The predicted octanol–water partition coefficient (Wildman–Crippen LogP) is 4.04. The summed E-state index contributed by atoms with van der Waals surface area (Å²) in [7, 11) is 3.67. The fourth-order valence-corrected chi connectivity index (χ4v) is 8.41. The molecule has 1 unspecified atom stereocenters. The van der Waals surface area contributed by atoms with Crippen LogP contribution in [0.5, 0.6) is 5.75 Å². The zero-order chi connectivity index (χ0) is 35.7. The van der Waals surface area contributed by atoms with E-state index in [9.17, 15) is 19.2 Å². The van der Waals surface area contributed by atoms with Gasteiger partial charge in [0.25, 0.3) is 17.4 Å². The lowest BCUT2D eigenvalue weighted by atomic mass is 9.71. The molecule has 270 valence electrons. The molecule has 0 bridgehead atoms. The number of amides is 3. The van der Waals surface area contributed by atoms with Crippen LogP contribution in [0, 0.1) is 5.41 Å². The zero-order valence-corrected chi connectivity index (χ0v) is 30.0. The number of anilines is 2. The zero-order valence-electron chi connectivity index (χ0n) is 29.3. The summed E-state index contributed by atoms with van der Waals surface area (Å²) in [6.45, 7) is 5.20. The number of imide groups is 1. The van der Waals surface area contributed by atoms with Crippen LogP contribution < -0.4 is 25.8 Å². The maximum atomic E-state index is 13.6. The van der Waals surface area contributed by atoms with Crippen molar-refractivity contribution in [3.05, 3.63) is 81.2 Å². The molecule has 0 aliphatic carbocycles. The smallest absolute Gasteiger partial charge is 0.287 e. The fourth-order valence-electron chi connectivity index (χ4n) is 8.19. The Morgan fingerprint density at radius 1 is 0.941 bits per heavy atom. The van der Waals surface area contributed by atoms with Crippen molar-refractivity contribution < 1.29 is 19.1 Å². The molecule has 3 aromatic rings. The molecule has 3 atom stereocenters. The summed E-state index contributed by atoms with van der Waals surface area (Å²) in [4.78, 5) is 56.0. The van der Waals surface area contributed by atoms with E-state index < -0.39 is 6.10 Å². The molecule has 0 saturated carbocycles. The van der Waals surface area contributed by atoms with Crippen molar-refractivity contribution in [2.45, 2.75) is 63.0 Å². The highest BCUT2D eigenvalue weighted by molar-refractivity contribution is 6.32. The number of rotatable bonds is 7. The number of benzene rings is 2. The Morgan fingerprint density at radius 2 is 1.63 bits per heavy atom. The molecule has 4 saturated heterocycles. The van der Waals surface area contributed by atoms with Gasteiger partial charge in [-0.2, -0.15) is 5.10 Å². The van der Waals surface area contributed by atoms with Crippen LogP contribution in [-0.2, 0) is 16.6 Å². The first-order valence-corrected chi connectivity index (χ1v) is 18.4. The van der Waals surface area contributed by atoms with Crippen LogP contribution in [0.2, 0.25) is 5.02 Å². The minimum atomic E-state index is -0.639. The lowest BCUT2D eigenvalue weighted by Crippen LogP contribution is -2.48. The van der Waals surface area contributed by atoms with Gasteiger partial charge in [0, 0.05) is 76.5 Å². The van der Waals surface area contributed by atoms with Crippen LogP contribution in [0.25, 0.3) is 0 Å². The van der Waals surface area contributed by atoms with Crippen LogP contribution in [0.1, 0.15) is 66.8 Å². The van der Waals surface area contributed by atoms with Crippen molar-refractivity contribution in [2.75, 3.05) is 56.5 Å². The number of ether oxygens (including phenoxy) is 1. The molecule has 0 radical (unpaired) electrons. The van der Waals surface area contributed by atoms with E-state index in [0.29, 0.717) is 24.3 Å². The molecular weight excluding hydrogens is 670 g/mol. The molecule has 1 spiro atoms. The molecule has 7 rings (SSSR count). The van der Waals surface area contributed by atoms with Gasteiger partial charge < -0.3 is 24.8 Å². The second-order valence-electron chi connectivity index (χ2n) is 14.7. The SMILES string of the molecule is CN1C[C@@H](Nc2cnn(C)c(=O)c2Cl)C[C@@H](c2ccc(C(=O)N3CCC4(CC3)CCN(c3ccc(OC5CCC(=O)NC5=O)cc3)CC4)cc2)C1.